The van der Waals surface area contributed by atoms with Crippen molar-refractivity contribution in [3.05, 3.63) is 35.5 Å². The van der Waals surface area contributed by atoms with Crippen LogP contribution in [0.25, 0.3) is 0 Å². The molecule has 0 aromatic carbocycles. The smallest absolute Gasteiger partial charge is 0.218 e. The normalized spacial score (nSPS) is 24.7. The predicted molar refractivity (Wildman–Crippen MR) is 55.2 cm³/mol. The van der Waals surface area contributed by atoms with E-state index in [-0.39, 0.29) is 6.23 Å². The number of rotatable bonds is 1. The van der Waals surface area contributed by atoms with Gasteiger partial charge < -0.3 is 9.47 Å². The molecule has 0 spiro atoms. The van der Waals surface area contributed by atoms with Crippen molar-refractivity contribution >= 4 is 5.90 Å². The van der Waals surface area contributed by atoms with Crippen LogP contribution in [0.5, 0.6) is 0 Å². The van der Waals surface area contributed by atoms with E-state index < -0.39 is 0 Å². The number of dihydropyridines is 1. The monoisotopic (exact) mass is 191 g/mol. The molecule has 1 aliphatic carbocycles. The van der Waals surface area contributed by atoms with E-state index in [1.807, 2.05) is 6.08 Å². The van der Waals surface area contributed by atoms with Gasteiger partial charge in [0, 0.05) is 12.7 Å². The van der Waals surface area contributed by atoms with E-state index in [9.17, 15) is 0 Å². The van der Waals surface area contributed by atoms with Gasteiger partial charge in [0.25, 0.3) is 0 Å². The van der Waals surface area contributed by atoms with E-state index in [1.165, 1.54) is 0 Å². The molecule has 0 fully saturated rings. The summed E-state index contributed by atoms with van der Waals surface area (Å²) in [6.45, 7) is 0. The van der Waals surface area contributed by atoms with Crippen LogP contribution >= 0.6 is 0 Å². The Morgan fingerprint density at radius 1 is 1.43 bits per heavy atom. The van der Waals surface area contributed by atoms with Crippen molar-refractivity contribution < 1.29 is 9.47 Å². The highest BCUT2D eigenvalue weighted by atomic mass is 16.5. The van der Waals surface area contributed by atoms with Crippen LogP contribution in [0, 0.1) is 0 Å². The summed E-state index contributed by atoms with van der Waals surface area (Å²) in [5.74, 6) is 0.665. The summed E-state index contributed by atoms with van der Waals surface area (Å²) in [7, 11) is 3.27. The van der Waals surface area contributed by atoms with Crippen LogP contribution in [0.4, 0.5) is 0 Å². The standard InChI is InChI=1S/C11H13NO2/c1-13-10-7-8-5-3-4-6-9(8)11(12-10)14-2/h3,5-7,10H,4H2,1-2H3. The average molecular weight is 191 g/mol. The topological polar surface area (TPSA) is 30.8 Å². The maximum absolute atomic E-state index is 5.22. The van der Waals surface area contributed by atoms with Crippen LogP contribution in [0.2, 0.25) is 0 Å². The summed E-state index contributed by atoms with van der Waals surface area (Å²) in [6, 6.07) is 0. The number of aliphatic imine (C=N–C) groups is 1. The number of hydrogen-bond acceptors (Lipinski definition) is 3. The Morgan fingerprint density at radius 2 is 2.29 bits per heavy atom. The lowest BCUT2D eigenvalue weighted by atomic mass is 9.97. The van der Waals surface area contributed by atoms with E-state index in [0.717, 1.165) is 17.6 Å². The molecule has 14 heavy (non-hydrogen) atoms. The Kier molecular flexibility index (Phi) is 2.50. The fourth-order valence-electron chi connectivity index (χ4n) is 1.60. The van der Waals surface area contributed by atoms with Gasteiger partial charge in [-0.3, -0.25) is 0 Å². The first-order chi connectivity index (χ1) is 6.85. The van der Waals surface area contributed by atoms with Gasteiger partial charge in [-0.15, -0.1) is 0 Å². The lowest BCUT2D eigenvalue weighted by Crippen LogP contribution is -2.20. The maximum atomic E-state index is 5.22. The maximum Gasteiger partial charge on any atom is 0.218 e. The molecule has 0 saturated heterocycles. The third-order valence-corrected chi connectivity index (χ3v) is 2.30. The van der Waals surface area contributed by atoms with Crippen molar-refractivity contribution in [2.45, 2.75) is 12.6 Å². The summed E-state index contributed by atoms with van der Waals surface area (Å²) >= 11 is 0. The molecule has 1 atom stereocenters. The molecular formula is C11H13NO2. The fourth-order valence-corrected chi connectivity index (χ4v) is 1.60. The van der Waals surface area contributed by atoms with Crippen LogP contribution in [-0.2, 0) is 9.47 Å². The van der Waals surface area contributed by atoms with Crippen LogP contribution < -0.4 is 0 Å². The fraction of sp³-hybridized carbons (Fsp3) is 0.364. The summed E-state index contributed by atoms with van der Waals surface area (Å²) in [5, 5.41) is 0. The minimum Gasteiger partial charge on any atom is -0.481 e. The van der Waals surface area contributed by atoms with E-state index in [4.69, 9.17) is 9.47 Å². The van der Waals surface area contributed by atoms with Crippen LogP contribution in [0.3, 0.4) is 0 Å². The van der Waals surface area contributed by atoms with Crippen LogP contribution in [0.1, 0.15) is 6.42 Å². The lowest BCUT2D eigenvalue weighted by Gasteiger charge is -2.21. The van der Waals surface area contributed by atoms with Gasteiger partial charge in [-0.1, -0.05) is 18.2 Å². The zero-order chi connectivity index (χ0) is 9.97. The van der Waals surface area contributed by atoms with Gasteiger partial charge in [-0.2, -0.15) is 0 Å². The number of nitrogens with zero attached hydrogens (tertiary/aromatic N) is 1. The molecule has 0 amide bonds. The van der Waals surface area contributed by atoms with Crippen molar-refractivity contribution in [2.24, 2.45) is 4.99 Å². The van der Waals surface area contributed by atoms with E-state index in [1.54, 1.807) is 14.2 Å². The second-order valence-corrected chi connectivity index (χ2v) is 3.14. The quantitative estimate of drug-likeness (QED) is 0.633. The molecule has 0 aromatic heterocycles. The number of fused-ring (bicyclic) bond motifs is 1. The molecule has 3 nitrogen and oxygen atoms in total. The van der Waals surface area contributed by atoms with Gasteiger partial charge in [-0.05, 0) is 18.1 Å². The highest BCUT2D eigenvalue weighted by molar-refractivity contribution is 6.00. The average Bonchev–Trinajstić information content (AvgIpc) is 2.27. The Hall–Kier alpha value is -1.35. The zero-order valence-electron chi connectivity index (χ0n) is 8.36. The van der Waals surface area contributed by atoms with E-state index in [0.29, 0.717) is 5.90 Å². The molecule has 1 heterocycles. The summed E-state index contributed by atoms with van der Waals surface area (Å²) in [6.07, 6.45) is 9.01. The van der Waals surface area contributed by atoms with Gasteiger partial charge in [0.2, 0.25) is 5.90 Å². The van der Waals surface area contributed by atoms with Crippen molar-refractivity contribution in [1.82, 2.24) is 0 Å². The molecule has 0 N–H and O–H groups in total. The Morgan fingerprint density at radius 3 is 3.00 bits per heavy atom. The molecule has 1 aliphatic heterocycles. The van der Waals surface area contributed by atoms with Crippen LogP contribution in [-0.4, -0.2) is 26.3 Å². The SMILES string of the molecule is COC1=NC(OC)C=C2C=CCC=C21. The molecule has 74 valence electrons. The second-order valence-electron chi connectivity index (χ2n) is 3.14. The van der Waals surface area contributed by atoms with Gasteiger partial charge in [0.05, 0.1) is 7.11 Å². The van der Waals surface area contributed by atoms with Gasteiger partial charge in [-0.25, -0.2) is 4.99 Å². The van der Waals surface area contributed by atoms with E-state index in [2.05, 4.69) is 23.2 Å². The zero-order valence-corrected chi connectivity index (χ0v) is 8.36. The molecule has 3 heteroatoms. The molecule has 2 rings (SSSR count). The molecule has 0 bridgehead atoms. The molecule has 0 radical (unpaired) electrons. The lowest BCUT2D eigenvalue weighted by molar-refractivity contribution is 0.144. The van der Waals surface area contributed by atoms with E-state index >= 15 is 0 Å². The third kappa shape index (κ3) is 1.51. The Bertz CT molecular complexity index is 350. The molecule has 0 aromatic rings. The highest BCUT2D eigenvalue weighted by Crippen LogP contribution is 2.25. The minimum atomic E-state index is -0.222. The first-order valence-electron chi connectivity index (χ1n) is 4.59. The number of ether oxygens (including phenoxy) is 2. The van der Waals surface area contributed by atoms with Gasteiger partial charge >= 0.3 is 0 Å². The number of methoxy groups -OCH3 is 2. The first kappa shape index (κ1) is 9.21. The second kappa shape index (κ2) is 3.80. The van der Waals surface area contributed by atoms with Crippen LogP contribution in [0.15, 0.2) is 40.4 Å². The molecule has 0 saturated carbocycles. The minimum absolute atomic E-state index is 0.222. The first-order valence-corrected chi connectivity index (χ1v) is 4.59. The predicted octanol–water partition coefficient (Wildman–Crippen LogP) is 1.83. The van der Waals surface area contributed by atoms with Crippen molar-refractivity contribution in [1.29, 1.82) is 0 Å². The summed E-state index contributed by atoms with van der Waals surface area (Å²) in [5.41, 5.74) is 2.21. The molecule has 1 unspecified atom stereocenters. The summed E-state index contributed by atoms with van der Waals surface area (Å²) < 4.78 is 10.4. The molecule has 2 aliphatic rings. The van der Waals surface area contributed by atoms with Crippen molar-refractivity contribution in [2.75, 3.05) is 14.2 Å². The van der Waals surface area contributed by atoms with Gasteiger partial charge in [0.1, 0.15) is 0 Å². The molecular weight excluding hydrogens is 178 g/mol. The highest BCUT2D eigenvalue weighted by Gasteiger charge is 2.20. The third-order valence-electron chi connectivity index (χ3n) is 2.30. The van der Waals surface area contributed by atoms with Crippen molar-refractivity contribution in [3.63, 3.8) is 0 Å². The van der Waals surface area contributed by atoms with Crippen molar-refractivity contribution in [3.8, 4) is 0 Å². The summed E-state index contributed by atoms with van der Waals surface area (Å²) in [4.78, 5) is 4.30. The number of allylic oxidation sites excluding steroid dienone is 3. The number of hydrogen-bond donors (Lipinski definition) is 0. The Labute approximate surface area is 83.4 Å². The van der Waals surface area contributed by atoms with Gasteiger partial charge in [0.15, 0.2) is 6.23 Å². The Balaban J connectivity index is 2.35. The largest absolute Gasteiger partial charge is 0.481 e.